The molecule has 1 aromatic heterocycles. The second-order valence-corrected chi connectivity index (χ2v) is 3.85. The summed E-state index contributed by atoms with van der Waals surface area (Å²) < 4.78 is 4.45. The average Bonchev–Trinajstić information content (AvgIpc) is 2.29. The molecule has 0 aromatic carbocycles. The quantitative estimate of drug-likeness (QED) is 0.633. The predicted octanol–water partition coefficient (Wildman–Crippen LogP) is 0.849. The summed E-state index contributed by atoms with van der Waals surface area (Å²) in [6.45, 7) is 0. The van der Waals surface area contributed by atoms with Gasteiger partial charge in [0.2, 0.25) is 0 Å². The molecule has 0 amide bonds. The van der Waals surface area contributed by atoms with E-state index in [4.69, 9.17) is 22.6 Å². The fourth-order valence-corrected chi connectivity index (χ4v) is 1.76. The molecule has 0 unspecified atom stereocenters. The van der Waals surface area contributed by atoms with Gasteiger partial charge < -0.3 is 10.5 Å². The first-order chi connectivity index (χ1) is 7.58. The summed E-state index contributed by atoms with van der Waals surface area (Å²) in [5.74, 6) is -0.374. The third kappa shape index (κ3) is 2.98. The van der Waals surface area contributed by atoms with Crippen LogP contribution in [0.25, 0.3) is 0 Å². The molecular formula is C8H7ClN4O2S. The van der Waals surface area contributed by atoms with Crippen LogP contribution in [0.4, 0.5) is 5.82 Å². The van der Waals surface area contributed by atoms with E-state index in [1.54, 1.807) is 6.07 Å². The molecule has 16 heavy (non-hydrogen) atoms. The highest BCUT2D eigenvalue weighted by atomic mass is 35.5. The lowest BCUT2D eigenvalue weighted by Gasteiger charge is -2.03. The van der Waals surface area contributed by atoms with E-state index >= 15 is 0 Å². The standard InChI is InChI=1S/C8H7ClN4O2S/c1-15-5(14)3-16-8-6(9)12-4(2-10)7(11)13-8/h3H2,1H3,(H2,11,13). The van der Waals surface area contributed by atoms with Gasteiger partial charge in [-0.3, -0.25) is 4.79 Å². The molecule has 0 radical (unpaired) electrons. The van der Waals surface area contributed by atoms with Gasteiger partial charge in [0.05, 0.1) is 12.9 Å². The highest BCUT2D eigenvalue weighted by molar-refractivity contribution is 8.00. The first kappa shape index (κ1) is 12.5. The Balaban J connectivity index is 2.86. The minimum Gasteiger partial charge on any atom is -0.468 e. The number of anilines is 1. The lowest BCUT2D eigenvalue weighted by molar-refractivity contribution is -0.137. The number of nitrogens with two attached hydrogens (primary N) is 1. The topological polar surface area (TPSA) is 102 Å². The van der Waals surface area contributed by atoms with Gasteiger partial charge in [0.15, 0.2) is 16.7 Å². The Hall–Kier alpha value is -1.52. The maximum Gasteiger partial charge on any atom is 0.316 e. The molecule has 0 spiro atoms. The monoisotopic (exact) mass is 258 g/mol. The number of hydrogen-bond donors (Lipinski definition) is 1. The first-order valence-corrected chi connectivity index (χ1v) is 5.37. The van der Waals surface area contributed by atoms with Crippen LogP contribution in [-0.4, -0.2) is 28.8 Å². The smallest absolute Gasteiger partial charge is 0.316 e. The van der Waals surface area contributed by atoms with Gasteiger partial charge in [0.25, 0.3) is 0 Å². The number of esters is 1. The molecule has 0 aliphatic carbocycles. The molecule has 0 atom stereocenters. The molecule has 0 fully saturated rings. The van der Waals surface area contributed by atoms with Crippen molar-refractivity contribution in [2.24, 2.45) is 0 Å². The number of rotatable bonds is 3. The van der Waals surface area contributed by atoms with Crippen molar-refractivity contribution in [3.63, 3.8) is 0 Å². The van der Waals surface area contributed by atoms with Gasteiger partial charge in [0, 0.05) is 0 Å². The van der Waals surface area contributed by atoms with Crippen molar-refractivity contribution in [2.45, 2.75) is 5.03 Å². The van der Waals surface area contributed by atoms with E-state index < -0.39 is 5.97 Å². The summed E-state index contributed by atoms with van der Waals surface area (Å²) in [5, 5.41) is 8.95. The lowest BCUT2D eigenvalue weighted by atomic mass is 10.4. The fraction of sp³-hybridized carbons (Fsp3) is 0.250. The predicted molar refractivity (Wildman–Crippen MR) is 58.9 cm³/mol. The van der Waals surface area contributed by atoms with Gasteiger partial charge >= 0.3 is 5.97 Å². The largest absolute Gasteiger partial charge is 0.468 e. The van der Waals surface area contributed by atoms with Crippen molar-refractivity contribution in [1.82, 2.24) is 9.97 Å². The van der Waals surface area contributed by atoms with Crippen LogP contribution in [0.3, 0.4) is 0 Å². The van der Waals surface area contributed by atoms with E-state index in [9.17, 15) is 4.79 Å². The number of carbonyl (C=O) groups is 1. The molecule has 0 saturated heterocycles. The van der Waals surface area contributed by atoms with Crippen LogP contribution in [-0.2, 0) is 9.53 Å². The third-order valence-corrected chi connectivity index (χ3v) is 2.83. The minimum atomic E-state index is -0.411. The number of aromatic nitrogens is 2. The van der Waals surface area contributed by atoms with E-state index in [1.807, 2.05) is 0 Å². The zero-order valence-corrected chi connectivity index (χ0v) is 9.80. The zero-order chi connectivity index (χ0) is 12.1. The van der Waals surface area contributed by atoms with Crippen molar-refractivity contribution in [3.8, 4) is 6.07 Å². The second kappa shape index (κ2) is 5.53. The van der Waals surface area contributed by atoms with Crippen molar-refractivity contribution in [3.05, 3.63) is 10.8 Å². The first-order valence-electron chi connectivity index (χ1n) is 4.01. The molecule has 0 saturated carbocycles. The van der Waals surface area contributed by atoms with E-state index in [1.165, 1.54) is 7.11 Å². The summed E-state index contributed by atoms with van der Waals surface area (Å²) in [6, 6.07) is 1.76. The van der Waals surface area contributed by atoms with E-state index in [2.05, 4.69) is 14.7 Å². The van der Waals surface area contributed by atoms with Crippen LogP contribution >= 0.6 is 23.4 Å². The summed E-state index contributed by atoms with van der Waals surface area (Å²) in [4.78, 5) is 18.5. The van der Waals surface area contributed by atoms with Crippen molar-refractivity contribution in [1.29, 1.82) is 5.26 Å². The number of halogens is 1. The molecule has 0 aliphatic rings. The summed E-state index contributed by atoms with van der Waals surface area (Å²) in [7, 11) is 1.28. The molecule has 1 heterocycles. The summed E-state index contributed by atoms with van der Waals surface area (Å²) in [5.41, 5.74) is 5.42. The Kier molecular flexibility index (Phi) is 4.34. The number of hydrogen-bond acceptors (Lipinski definition) is 7. The Bertz CT molecular complexity index is 460. The van der Waals surface area contributed by atoms with Gasteiger partial charge in [-0.15, -0.1) is 0 Å². The number of nitrogen functional groups attached to an aromatic ring is 1. The van der Waals surface area contributed by atoms with Gasteiger partial charge in [-0.1, -0.05) is 23.4 Å². The maximum absolute atomic E-state index is 10.9. The molecule has 6 nitrogen and oxygen atoms in total. The van der Waals surface area contributed by atoms with Crippen LogP contribution in [0.2, 0.25) is 5.15 Å². The number of nitrogens with zero attached hydrogens (tertiary/aromatic N) is 3. The highest BCUT2D eigenvalue weighted by Gasteiger charge is 2.12. The van der Waals surface area contributed by atoms with Crippen molar-refractivity contribution in [2.75, 3.05) is 18.6 Å². The van der Waals surface area contributed by atoms with Crippen LogP contribution in [0.5, 0.6) is 0 Å². The Morgan fingerprint density at radius 3 is 2.94 bits per heavy atom. The number of methoxy groups -OCH3 is 1. The van der Waals surface area contributed by atoms with Crippen molar-refractivity contribution >= 4 is 35.1 Å². The number of ether oxygens (including phenoxy) is 1. The molecule has 2 N–H and O–H groups in total. The Labute approximate surface area is 101 Å². The van der Waals surface area contributed by atoms with E-state index in [0.29, 0.717) is 5.03 Å². The minimum absolute atomic E-state index is 0.0146. The molecule has 8 heteroatoms. The average molecular weight is 259 g/mol. The molecule has 84 valence electrons. The molecule has 1 rings (SSSR count). The van der Waals surface area contributed by atoms with Gasteiger partial charge in [0.1, 0.15) is 11.1 Å². The van der Waals surface area contributed by atoms with Crippen LogP contribution in [0.1, 0.15) is 5.69 Å². The number of carbonyl (C=O) groups excluding carboxylic acids is 1. The van der Waals surface area contributed by atoms with Gasteiger partial charge in [-0.2, -0.15) is 5.26 Å². The van der Waals surface area contributed by atoms with Gasteiger partial charge in [-0.05, 0) is 0 Å². The van der Waals surface area contributed by atoms with Crippen molar-refractivity contribution < 1.29 is 9.53 Å². The number of thioether (sulfide) groups is 1. The highest BCUT2D eigenvalue weighted by Crippen LogP contribution is 2.25. The third-order valence-electron chi connectivity index (χ3n) is 1.51. The maximum atomic E-state index is 10.9. The molecule has 0 bridgehead atoms. The van der Waals surface area contributed by atoms with Crippen LogP contribution in [0, 0.1) is 11.3 Å². The van der Waals surface area contributed by atoms with Crippen LogP contribution in [0.15, 0.2) is 5.03 Å². The second-order valence-electron chi connectivity index (χ2n) is 2.53. The Morgan fingerprint density at radius 1 is 1.69 bits per heavy atom. The normalized spacial score (nSPS) is 9.56. The lowest BCUT2D eigenvalue weighted by Crippen LogP contribution is -2.05. The summed E-state index contributed by atoms with van der Waals surface area (Å²) >= 11 is 6.80. The molecule has 0 aliphatic heterocycles. The molecular weight excluding hydrogens is 252 g/mol. The van der Waals surface area contributed by atoms with Gasteiger partial charge in [-0.25, -0.2) is 9.97 Å². The Morgan fingerprint density at radius 2 is 2.38 bits per heavy atom. The molecule has 1 aromatic rings. The SMILES string of the molecule is COC(=O)CSc1nc(N)c(C#N)nc1Cl. The van der Waals surface area contributed by atoms with E-state index in [0.717, 1.165) is 11.8 Å². The van der Waals surface area contributed by atoms with E-state index in [-0.39, 0.29) is 22.4 Å². The fourth-order valence-electron chi connectivity index (χ4n) is 0.772. The zero-order valence-electron chi connectivity index (χ0n) is 8.23. The van der Waals surface area contributed by atoms with Crippen LogP contribution < -0.4 is 5.73 Å². The number of nitriles is 1. The summed E-state index contributed by atoms with van der Waals surface area (Å²) in [6.07, 6.45) is 0.